The summed E-state index contributed by atoms with van der Waals surface area (Å²) in [5, 5.41) is 5.03. The van der Waals surface area contributed by atoms with Crippen LogP contribution in [0.2, 0.25) is 5.02 Å². The number of carbonyl (C=O) groups excluding carboxylic acids is 1. The summed E-state index contributed by atoms with van der Waals surface area (Å²) in [5.41, 5.74) is 1.39. The first-order valence-electron chi connectivity index (χ1n) is 9.29. The maximum Gasteiger partial charge on any atom is 0.233 e. The Kier molecular flexibility index (Phi) is 5.22. The summed E-state index contributed by atoms with van der Waals surface area (Å²) < 4.78 is 21.8. The lowest BCUT2D eigenvalue weighted by atomic mass is 9.87. The number of fused-ring (bicyclic) bond motifs is 1. The molecule has 0 N–H and O–H groups in total. The van der Waals surface area contributed by atoms with Crippen molar-refractivity contribution in [3.8, 4) is 5.75 Å². The summed E-state index contributed by atoms with van der Waals surface area (Å²) in [5.74, 6) is -0.796. The van der Waals surface area contributed by atoms with Crippen LogP contribution in [0, 0.1) is 11.8 Å². The minimum atomic E-state index is -0.765. The fraction of sp³-hybridized carbons (Fsp3) is 0.333. The highest BCUT2D eigenvalue weighted by Crippen LogP contribution is 2.32. The largest absolute Gasteiger partial charge is 0.487 e. The Morgan fingerprint density at radius 3 is 2.86 bits per heavy atom. The summed E-state index contributed by atoms with van der Waals surface area (Å²) in [4.78, 5) is 14.6. The van der Waals surface area contributed by atoms with E-state index in [1.165, 1.54) is 6.08 Å². The number of hydrogen-bond donors (Lipinski definition) is 0. The molecule has 0 radical (unpaired) electrons. The van der Waals surface area contributed by atoms with Crippen LogP contribution in [-0.4, -0.2) is 27.1 Å². The number of aromatic nitrogens is 2. The Balaban J connectivity index is 1.48. The quantitative estimate of drug-likeness (QED) is 0.773. The van der Waals surface area contributed by atoms with Crippen molar-refractivity contribution >= 4 is 17.5 Å². The number of ether oxygens (including phenoxy) is 1. The molecule has 0 fully saturated rings. The minimum absolute atomic E-state index is 0.172. The van der Waals surface area contributed by atoms with Crippen LogP contribution >= 0.6 is 11.6 Å². The van der Waals surface area contributed by atoms with Crippen LogP contribution < -0.4 is 4.74 Å². The van der Waals surface area contributed by atoms with Crippen molar-refractivity contribution in [2.24, 2.45) is 11.8 Å². The van der Waals surface area contributed by atoms with Gasteiger partial charge < -0.3 is 9.64 Å². The van der Waals surface area contributed by atoms with Crippen LogP contribution in [0.15, 0.2) is 54.4 Å². The van der Waals surface area contributed by atoms with Crippen molar-refractivity contribution in [1.29, 1.82) is 0 Å². The molecule has 2 atom stereocenters. The van der Waals surface area contributed by atoms with Crippen molar-refractivity contribution in [3.63, 3.8) is 0 Å². The van der Waals surface area contributed by atoms with Gasteiger partial charge in [-0.3, -0.25) is 9.48 Å². The monoisotopic (exact) mass is 401 g/mol. The molecule has 2 unspecified atom stereocenters. The Labute approximate surface area is 168 Å². The number of halogens is 2. The number of nitrogens with zero attached hydrogens (tertiary/aromatic N) is 3. The van der Waals surface area contributed by atoms with Gasteiger partial charge in [0.25, 0.3) is 0 Å². The van der Waals surface area contributed by atoms with E-state index in [1.54, 1.807) is 11.0 Å². The van der Waals surface area contributed by atoms with Gasteiger partial charge in [-0.1, -0.05) is 48.9 Å². The lowest BCUT2D eigenvalue weighted by Crippen LogP contribution is -2.43. The van der Waals surface area contributed by atoms with Crippen LogP contribution in [-0.2, 0) is 24.5 Å². The molecule has 2 aromatic rings. The molecule has 0 saturated heterocycles. The summed E-state index contributed by atoms with van der Waals surface area (Å²) in [6.45, 7) is 3.41. The third kappa shape index (κ3) is 3.56. The van der Waals surface area contributed by atoms with E-state index in [4.69, 9.17) is 16.3 Å². The highest BCUT2D eigenvalue weighted by Gasteiger charge is 2.35. The average molecular weight is 402 g/mol. The highest BCUT2D eigenvalue weighted by atomic mass is 35.5. The number of amides is 1. The van der Waals surface area contributed by atoms with Crippen LogP contribution in [0.5, 0.6) is 5.75 Å². The molecule has 2 aliphatic rings. The van der Waals surface area contributed by atoms with Gasteiger partial charge >= 0.3 is 0 Å². The summed E-state index contributed by atoms with van der Waals surface area (Å²) in [7, 11) is 0. The normalized spacial score (nSPS) is 21.2. The molecule has 0 bridgehead atoms. The topological polar surface area (TPSA) is 47.4 Å². The molecule has 2 heterocycles. The molecule has 1 aromatic heterocycles. The molecule has 0 spiro atoms. The Morgan fingerprint density at radius 2 is 2.11 bits per heavy atom. The van der Waals surface area contributed by atoms with Gasteiger partial charge in [-0.2, -0.15) is 5.10 Å². The van der Waals surface area contributed by atoms with E-state index in [-0.39, 0.29) is 24.3 Å². The van der Waals surface area contributed by atoms with E-state index in [1.807, 2.05) is 48.0 Å². The van der Waals surface area contributed by atoms with Gasteiger partial charge in [0, 0.05) is 6.54 Å². The van der Waals surface area contributed by atoms with Gasteiger partial charge in [0.15, 0.2) is 0 Å². The van der Waals surface area contributed by atoms with Gasteiger partial charge in [0.2, 0.25) is 5.91 Å². The van der Waals surface area contributed by atoms with Crippen molar-refractivity contribution in [2.45, 2.75) is 26.6 Å². The van der Waals surface area contributed by atoms with Crippen molar-refractivity contribution in [2.75, 3.05) is 6.54 Å². The average Bonchev–Trinajstić information content (AvgIpc) is 3.02. The smallest absolute Gasteiger partial charge is 0.233 e. The van der Waals surface area contributed by atoms with E-state index < -0.39 is 5.92 Å². The first-order chi connectivity index (χ1) is 13.5. The van der Waals surface area contributed by atoms with Crippen LogP contribution in [0.3, 0.4) is 0 Å². The number of carbonyl (C=O) groups is 1. The van der Waals surface area contributed by atoms with Gasteiger partial charge in [0.05, 0.1) is 29.7 Å². The van der Waals surface area contributed by atoms with Crippen LogP contribution in [0.4, 0.5) is 4.39 Å². The lowest BCUT2D eigenvalue weighted by Gasteiger charge is -2.32. The van der Waals surface area contributed by atoms with E-state index in [2.05, 4.69) is 5.10 Å². The number of hydrogen-bond acceptors (Lipinski definition) is 3. The Hall–Kier alpha value is -2.60. The number of allylic oxidation sites excluding steroid dienone is 3. The van der Waals surface area contributed by atoms with Gasteiger partial charge in [-0.25, -0.2) is 4.39 Å². The second-order valence-corrected chi connectivity index (χ2v) is 7.44. The lowest BCUT2D eigenvalue weighted by molar-refractivity contribution is -0.137. The van der Waals surface area contributed by atoms with E-state index in [9.17, 15) is 9.18 Å². The van der Waals surface area contributed by atoms with Crippen molar-refractivity contribution in [3.05, 3.63) is 70.8 Å². The molecule has 1 amide bonds. The predicted octanol–water partition coefficient (Wildman–Crippen LogP) is 4.13. The molecule has 5 nitrogen and oxygen atoms in total. The molecule has 1 aromatic carbocycles. The fourth-order valence-corrected chi connectivity index (χ4v) is 3.87. The predicted molar refractivity (Wildman–Crippen MR) is 104 cm³/mol. The highest BCUT2D eigenvalue weighted by molar-refractivity contribution is 6.31. The fourth-order valence-electron chi connectivity index (χ4n) is 3.62. The van der Waals surface area contributed by atoms with E-state index >= 15 is 0 Å². The standard InChI is InChI=1S/C21H21ClFN3O2/c1-14-6-5-9-16(23)19(14)21(27)25-10-11-26-18(12-25)20(22)17(24-26)13-28-15-7-3-2-4-8-15/h2-9,14,19H,10-13H2,1H3. The SMILES string of the molecule is CC1C=CC=C(F)C1C(=O)N1CCn2nc(COc3ccccc3)c(Cl)c2C1. The summed E-state index contributed by atoms with van der Waals surface area (Å²) >= 11 is 6.52. The van der Waals surface area contributed by atoms with Crippen molar-refractivity contribution in [1.82, 2.24) is 14.7 Å². The second kappa shape index (κ2) is 7.80. The van der Waals surface area contributed by atoms with Crippen LogP contribution in [0.25, 0.3) is 0 Å². The Bertz CT molecular complexity index is 939. The Morgan fingerprint density at radius 1 is 1.32 bits per heavy atom. The maximum absolute atomic E-state index is 14.2. The van der Waals surface area contributed by atoms with E-state index in [0.29, 0.717) is 30.4 Å². The second-order valence-electron chi connectivity index (χ2n) is 7.07. The number of para-hydroxylation sites is 1. The van der Waals surface area contributed by atoms with E-state index in [0.717, 1.165) is 11.4 Å². The molecular weight excluding hydrogens is 381 g/mol. The van der Waals surface area contributed by atoms with Crippen molar-refractivity contribution < 1.29 is 13.9 Å². The third-order valence-electron chi connectivity index (χ3n) is 5.17. The van der Waals surface area contributed by atoms with Gasteiger partial charge in [-0.05, 0) is 24.1 Å². The molecule has 146 valence electrons. The zero-order chi connectivity index (χ0) is 19.7. The molecule has 0 saturated carbocycles. The maximum atomic E-state index is 14.2. The van der Waals surface area contributed by atoms with Gasteiger partial charge in [0.1, 0.15) is 23.9 Å². The molecule has 1 aliphatic heterocycles. The zero-order valence-corrected chi connectivity index (χ0v) is 16.3. The zero-order valence-electron chi connectivity index (χ0n) is 15.5. The molecular formula is C21H21ClFN3O2. The number of benzene rings is 1. The van der Waals surface area contributed by atoms with Gasteiger partial charge in [-0.15, -0.1) is 0 Å². The third-order valence-corrected chi connectivity index (χ3v) is 5.61. The molecule has 1 aliphatic carbocycles. The minimum Gasteiger partial charge on any atom is -0.487 e. The first-order valence-corrected chi connectivity index (χ1v) is 9.67. The first kappa shape index (κ1) is 18.7. The summed E-state index contributed by atoms with van der Waals surface area (Å²) in [6, 6.07) is 9.45. The number of rotatable bonds is 4. The summed E-state index contributed by atoms with van der Waals surface area (Å²) in [6.07, 6.45) is 4.87. The molecule has 28 heavy (non-hydrogen) atoms. The molecule has 7 heteroatoms. The van der Waals surface area contributed by atoms with Crippen LogP contribution in [0.1, 0.15) is 18.3 Å². The molecule has 4 rings (SSSR count).